The van der Waals surface area contributed by atoms with E-state index in [9.17, 15) is 9.18 Å². The van der Waals surface area contributed by atoms with Crippen LogP contribution in [0.5, 0.6) is 11.5 Å². The van der Waals surface area contributed by atoms with Gasteiger partial charge in [0.2, 0.25) is 5.91 Å². The van der Waals surface area contributed by atoms with E-state index in [0.29, 0.717) is 18.0 Å². The van der Waals surface area contributed by atoms with Gasteiger partial charge in [0.05, 0.1) is 19.9 Å². The van der Waals surface area contributed by atoms with E-state index in [1.54, 1.807) is 32.4 Å². The highest BCUT2D eigenvalue weighted by Gasteiger charge is 2.23. The zero-order chi connectivity index (χ0) is 23.4. The van der Waals surface area contributed by atoms with E-state index in [0.717, 1.165) is 28.0 Å². The van der Waals surface area contributed by atoms with E-state index in [1.165, 1.54) is 12.1 Å². The van der Waals surface area contributed by atoms with Crippen LogP contribution in [0.3, 0.4) is 0 Å². The highest BCUT2D eigenvalue weighted by Crippen LogP contribution is 2.34. The van der Waals surface area contributed by atoms with Crippen molar-refractivity contribution in [2.24, 2.45) is 0 Å². The van der Waals surface area contributed by atoms with Crippen LogP contribution >= 0.6 is 0 Å². The summed E-state index contributed by atoms with van der Waals surface area (Å²) in [5, 5.41) is 2.94. The Hall–Kier alpha value is -3.87. The summed E-state index contributed by atoms with van der Waals surface area (Å²) in [6.45, 7) is 2.32. The molecule has 0 saturated heterocycles. The number of carbonyl (C=O) groups excluding carboxylic acids is 1. The van der Waals surface area contributed by atoms with Crippen molar-refractivity contribution in [3.05, 3.63) is 95.2 Å². The zero-order valence-corrected chi connectivity index (χ0v) is 18.8. The first kappa shape index (κ1) is 22.3. The first-order valence-electron chi connectivity index (χ1n) is 10.6. The Kier molecular flexibility index (Phi) is 6.58. The van der Waals surface area contributed by atoms with E-state index >= 15 is 0 Å². The highest BCUT2D eigenvalue weighted by atomic mass is 19.1. The van der Waals surface area contributed by atoms with Crippen molar-refractivity contribution in [3.8, 4) is 11.5 Å². The van der Waals surface area contributed by atoms with Gasteiger partial charge in [0, 0.05) is 37.3 Å². The monoisotopic (exact) mass is 447 g/mol. The van der Waals surface area contributed by atoms with Crippen LogP contribution in [0.1, 0.15) is 34.7 Å². The first-order chi connectivity index (χ1) is 16.0. The maximum atomic E-state index is 13.2. The van der Waals surface area contributed by atoms with Crippen molar-refractivity contribution in [1.29, 1.82) is 0 Å². The maximum absolute atomic E-state index is 13.2. The summed E-state index contributed by atoms with van der Waals surface area (Å²) < 4.78 is 26.1. The third-order valence-electron chi connectivity index (χ3n) is 5.69. The van der Waals surface area contributed by atoms with E-state index in [2.05, 4.69) is 10.3 Å². The standard InChI is InChI=1S/C26H26FN3O3/c1-17-5-4-10-30-24(16-29-26(17)30)23(19-11-21(32-2)13-22(12-19)33-3)14-25(31)28-15-18-6-8-20(27)9-7-18/h4-13,16,23H,14-15H2,1-3H3,(H,28,31). The van der Waals surface area contributed by atoms with Crippen LogP contribution in [-0.2, 0) is 11.3 Å². The second-order valence-corrected chi connectivity index (χ2v) is 7.87. The number of nitrogens with one attached hydrogen (secondary N) is 1. The number of halogens is 1. The predicted molar refractivity (Wildman–Crippen MR) is 124 cm³/mol. The minimum Gasteiger partial charge on any atom is -0.497 e. The van der Waals surface area contributed by atoms with Crippen molar-refractivity contribution in [2.75, 3.05) is 14.2 Å². The van der Waals surface area contributed by atoms with Crippen LogP contribution < -0.4 is 14.8 Å². The van der Waals surface area contributed by atoms with E-state index in [1.807, 2.05) is 48.0 Å². The van der Waals surface area contributed by atoms with Gasteiger partial charge in [-0.25, -0.2) is 9.37 Å². The molecule has 33 heavy (non-hydrogen) atoms. The Labute approximate surface area is 192 Å². The lowest BCUT2D eigenvalue weighted by Gasteiger charge is -2.19. The molecule has 1 N–H and O–H groups in total. The molecule has 0 radical (unpaired) electrons. The Morgan fingerprint density at radius 1 is 1.09 bits per heavy atom. The van der Waals surface area contributed by atoms with Gasteiger partial charge < -0.3 is 19.2 Å². The number of carbonyl (C=O) groups is 1. The molecule has 1 unspecified atom stereocenters. The Bertz CT molecular complexity index is 1250. The number of pyridine rings is 1. The fraction of sp³-hybridized carbons (Fsp3) is 0.231. The molecule has 0 aliphatic carbocycles. The average molecular weight is 448 g/mol. The minimum absolute atomic E-state index is 0.131. The number of hydrogen-bond donors (Lipinski definition) is 1. The highest BCUT2D eigenvalue weighted by molar-refractivity contribution is 5.77. The van der Waals surface area contributed by atoms with Gasteiger partial charge in [-0.05, 0) is 53.9 Å². The summed E-state index contributed by atoms with van der Waals surface area (Å²) >= 11 is 0. The van der Waals surface area contributed by atoms with Gasteiger partial charge in [-0.15, -0.1) is 0 Å². The summed E-state index contributed by atoms with van der Waals surface area (Å²) in [4.78, 5) is 17.6. The number of aryl methyl sites for hydroxylation is 1. The van der Waals surface area contributed by atoms with Gasteiger partial charge in [0.1, 0.15) is 23.0 Å². The summed E-state index contributed by atoms with van der Waals surface area (Å²) in [5.41, 5.74) is 4.49. The summed E-state index contributed by atoms with van der Waals surface area (Å²) in [5.74, 6) is 0.560. The molecule has 170 valence electrons. The van der Waals surface area contributed by atoms with Crippen molar-refractivity contribution in [1.82, 2.24) is 14.7 Å². The topological polar surface area (TPSA) is 64.9 Å². The number of nitrogens with zero attached hydrogens (tertiary/aromatic N) is 2. The number of benzene rings is 2. The van der Waals surface area contributed by atoms with Crippen LogP contribution in [0, 0.1) is 12.7 Å². The van der Waals surface area contributed by atoms with Crippen LogP contribution in [0.15, 0.2) is 67.0 Å². The molecule has 4 aromatic rings. The second-order valence-electron chi connectivity index (χ2n) is 7.87. The molecule has 1 amide bonds. The second kappa shape index (κ2) is 9.73. The SMILES string of the molecule is COc1cc(OC)cc(C(CC(=O)NCc2ccc(F)cc2)c2cnc3c(C)cccn23)c1. The van der Waals surface area contributed by atoms with E-state index in [4.69, 9.17) is 9.47 Å². The van der Waals surface area contributed by atoms with Crippen molar-refractivity contribution < 1.29 is 18.7 Å². The molecule has 7 heteroatoms. The lowest BCUT2D eigenvalue weighted by molar-refractivity contribution is -0.121. The molecule has 0 aliphatic heterocycles. The normalized spacial score (nSPS) is 11.9. The molecule has 2 aromatic carbocycles. The smallest absolute Gasteiger partial charge is 0.221 e. The molecular formula is C26H26FN3O3. The molecule has 0 aliphatic rings. The van der Waals surface area contributed by atoms with Crippen LogP contribution in [0.25, 0.3) is 5.65 Å². The van der Waals surface area contributed by atoms with Crippen LogP contribution in [-0.4, -0.2) is 29.5 Å². The van der Waals surface area contributed by atoms with Gasteiger partial charge >= 0.3 is 0 Å². The number of aromatic nitrogens is 2. The summed E-state index contributed by atoms with van der Waals surface area (Å²) in [6.07, 6.45) is 3.96. The Morgan fingerprint density at radius 2 is 1.79 bits per heavy atom. The third-order valence-corrected chi connectivity index (χ3v) is 5.69. The molecule has 0 saturated carbocycles. The number of imidazole rings is 1. The number of amides is 1. The summed E-state index contributed by atoms with van der Waals surface area (Å²) in [7, 11) is 3.20. The molecular weight excluding hydrogens is 421 g/mol. The molecule has 4 rings (SSSR count). The van der Waals surface area contributed by atoms with Crippen LogP contribution in [0.4, 0.5) is 4.39 Å². The number of rotatable bonds is 8. The van der Waals surface area contributed by atoms with Gasteiger partial charge in [0.15, 0.2) is 0 Å². The number of hydrogen-bond acceptors (Lipinski definition) is 4. The summed E-state index contributed by atoms with van der Waals surface area (Å²) in [6, 6.07) is 15.7. The van der Waals surface area contributed by atoms with Crippen molar-refractivity contribution >= 4 is 11.6 Å². The average Bonchev–Trinajstić information content (AvgIpc) is 3.27. The lowest BCUT2D eigenvalue weighted by atomic mass is 9.91. The van der Waals surface area contributed by atoms with Gasteiger partial charge in [-0.3, -0.25) is 4.79 Å². The number of fused-ring (bicyclic) bond motifs is 1. The quantitative estimate of drug-likeness (QED) is 0.428. The van der Waals surface area contributed by atoms with Gasteiger partial charge in [-0.2, -0.15) is 0 Å². The Morgan fingerprint density at radius 3 is 2.45 bits per heavy atom. The van der Waals surface area contributed by atoms with Crippen LogP contribution in [0.2, 0.25) is 0 Å². The van der Waals surface area contributed by atoms with Crippen molar-refractivity contribution in [2.45, 2.75) is 25.8 Å². The van der Waals surface area contributed by atoms with E-state index < -0.39 is 0 Å². The molecule has 1 atom stereocenters. The first-order valence-corrected chi connectivity index (χ1v) is 10.6. The maximum Gasteiger partial charge on any atom is 0.221 e. The molecule has 2 heterocycles. The lowest BCUT2D eigenvalue weighted by Crippen LogP contribution is -2.25. The molecule has 0 spiro atoms. The number of methoxy groups -OCH3 is 2. The minimum atomic E-state index is -0.306. The zero-order valence-electron chi connectivity index (χ0n) is 18.8. The molecule has 6 nitrogen and oxygen atoms in total. The third kappa shape index (κ3) is 4.98. The molecule has 2 aromatic heterocycles. The largest absolute Gasteiger partial charge is 0.497 e. The molecule has 0 bridgehead atoms. The molecule has 0 fully saturated rings. The number of ether oxygens (including phenoxy) is 2. The Balaban J connectivity index is 1.67. The van der Waals surface area contributed by atoms with E-state index in [-0.39, 0.29) is 24.1 Å². The van der Waals surface area contributed by atoms with Gasteiger partial charge in [0.25, 0.3) is 0 Å². The fourth-order valence-corrected chi connectivity index (χ4v) is 3.91. The van der Waals surface area contributed by atoms with Crippen molar-refractivity contribution in [3.63, 3.8) is 0 Å². The fourth-order valence-electron chi connectivity index (χ4n) is 3.91. The van der Waals surface area contributed by atoms with Gasteiger partial charge in [-0.1, -0.05) is 18.2 Å². The predicted octanol–water partition coefficient (Wildman–Crippen LogP) is 4.64.